The zero-order chi connectivity index (χ0) is 15.7. The van der Waals surface area contributed by atoms with Gasteiger partial charge in [0, 0.05) is 21.7 Å². The molecule has 0 atom stereocenters. The number of imidazole rings is 1. The lowest BCUT2D eigenvalue weighted by Gasteiger charge is -2.08. The maximum Gasteiger partial charge on any atom is 0.158 e. The summed E-state index contributed by atoms with van der Waals surface area (Å²) in [4.78, 5) is 8.40. The van der Waals surface area contributed by atoms with E-state index in [1.807, 2.05) is 0 Å². The van der Waals surface area contributed by atoms with Crippen molar-refractivity contribution < 1.29 is 0 Å². The quantitative estimate of drug-likeness (QED) is 0.381. The predicted octanol–water partition coefficient (Wildman–Crippen LogP) is 5.28. The van der Waals surface area contributed by atoms with E-state index < -0.39 is 0 Å². The molecule has 24 heavy (non-hydrogen) atoms. The first-order valence-corrected chi connectivity index (χ1v) is 8.10. The Kier molecular flexibility index (Phi) is 2.10. The Bertz CT molecular complexity index is 1370. The second kappa shape index (κ2) is 4.15. The predicted molar refractivity (Wildman–Crippen MR) is 99.6 cm³/mol. The number of fused-ring (bicyclic) bond motifs is 10. The van der Waals surface area contributed by atoms with E-state index in [4.69, 9.17) is 4.98 Å². The Morgan fingerprint density at radius 3 is 2.21 bits per heavy atom. The largest absolute Gasteiger partial charge is 0.338 e. The number of hydrogen-bond donors (Lipinski definition) is 1. The molecule has 3 aromatic heterocycles. The van der Waals surface area contributed by atoms with Crippen LogP contribution in [0, 0.1) is 0 Å². The molecule has 0 saturated heterocycles. The molecule has 0 fully saturated rings. The molecule has 0 amide bonds. The van der Waals surface area contributed by atoms with Crippen LogP contribution < -0.4 is 0 Å². The number of aromatic amines is 1. The fraction of sp³-hybridized carbons (Fsp3) is 0. The minimum absolute atomic E-state index is 0.942. The average molecular weight is 307 g/mol. The highest BCUT2D eigenvalue weighted by molar-refractivity contribution is 6.16. The number of nitrogens with zero attached hydrogens (tertiary/aromatic N) is 2. The second-order valence-corrected chi connectivity index (χ2v) is 6.20. The second-order valence-electron chi connectivity index (χ2n) is 6.20. The number of H-pyrrole nitrogens is 1. The number of benzene rings is 3. The molecule has 0 bridgehead atoms. The van der Waals surface area contributed by atoms with Crippen molar-refractivity contribution in [2.24, 2.45) is 0 Å². The van der Waals surface area contributed by atoms with Crippen LogP contribution in [0.5, 0.6) is 0 Å². The standard InChI is InChI=1S/C21H13N3/c1-2-9-15-13(7-1)14-8-4-6-12-18(14)24-19-16-10-3-5-11-17(16)22-20(19)23-21(15)24/h1-12,22H. The summed E-state index contributed by atoms with van der Waals surface area (Å²) >= 11 is 0. The van der Waals surface area contributed by atoms with Crippen LogP contribution in [0.3, 0.4) is 0 Å². The van der Waals surface area contributed by atoms with Gasteiger partial charge in [-0.3, -0.25) is 4.40 Å². The summed E-state index contributed by atoms with van der Waals surface area (Å²) in [6.45, 7) is 0. The van der Waals surface area contributed by atoms with Gasteiger partial charge in [0.2, 0.25) is 0 Å². The van der Waals surface area contributed by atoms with Gasteiger partial charge >= 0.3 is 0 Å². The normalized spacial score (nSPS) is 12.2. The highest BCUT2D eigenvalue weighted by Crippen LogP contribution is 2.34. The first-order valence-electron chi connectivity index (χ1n) is 8.10. The third-order valence-corrected chi connectivity index (χ3v) is 4.92. The first kappa shape index (κ1) is 12.1. The number of hydrogen-bond acceptors (Lipinski definition) is 1. The van der Waals surface area contributed by atoms with E-state index in [2.05, 4.69) is 82.2 Å². The smallest absolute Gasteiger partial charge is 0.158 e. The molecule has 0 aliphatic carbocycles. The van der Waals surface area contributed by atoms with Gasteiger partial charge in [-0.05, 0) is 17.5 Å². The fourth-order valence-electron chi connectivity index (χ4n) is 3.91. The lowest BCUT2D eigenvalue weighted by atomic mass is 10.1. The summed E-state index contributed by atoms with van der Waals surface area (Å²) < 4.78 is 2.30. The van der Waals surface area contributed by atoms with Crippen LogP contribution in [0.1, 0.15) is 0 Å². The molecule has 0 radical (unpaired) electrons. The van der Waals surface area contributed by atoms with Gasteiger partial charge < -0.3 is 4.98 Å². The summed E-state index contributed by atoms with van der Waals surface area (Å²) in [5.41, 5.74) is 5.43. The molecule has 0 spiro atoms. The highest BCUT2D eigenvalue weighted by atomic mass is 15.1. The lowest BCUT2D eigenvalue weighted by molar-refractivity contribution is 1.31. The van der Waals surface area contributed by atoms with Gasteiger partial charge in [-0.15, -0.1) is 0 Å². The van der Waals surface area contributed by atoms with Crippen LogP contribution in [-0.2, 0) is 0 Å². The lowest BCUT2D eigenvalue weighted by Crippen LogP contribution is -1.91. The Hall–Kier alpha value is -3.33. The van der Waals surface area contributed by atoms with Gasteiger partial charge in [0.25, 0.3) is 0 Å². The van der Waals surface area contributed by atoms with E-state index in [0.717, 1.165) is 22.3 Å². The summed E-state index contributed by atoms with van der Waals surface area (Å²) in [6, 6.07) is 25.5. The van der Waals surface area contributed by atoms with Crippen molar-refractivity contribution in [1.82, 2.24) is 14.4 Å². The van der Waals surface area contributed by atoms with Gasteiger partial charge in [-0.1, -0.05) is 60.7 Å². The number of nitrogens with one attached hydrogen (secondary N) is 1. The average Bonchev–Trinajstić information content (AvgIpc) is 3.18. The number of aromatic nitrogens is 3. The van der Waals surface area contributed by atoms with E-state index in [1.54, 1.807) is 0 Å². The van der Waals surface area contributed by atoms with E-state index in [0.29, 0.717) is 0 Å². The van der Waals surface area contributed by atoms with Crippen molar-refractivity contribution in [3.05, 3.63) is 72.8 Å². The summed E-state index contributed by atoms with van der Waals surface area (Å²) in [7, 11) is 0. The minimum atomic E-state index is 0.942. The van der Waals surface area contributed by atoms with E-state index in [-0.39, 0.29) is 0 Å². The molecule has 0 unspecified atom stereocenters. The van der Waals surface area contributed by atoms with Crippen LogP contribution in [0.15, 0.2) is 72.8 Å². The molecule has 0 aliphatic heterocycles. The van der Waals surface area contributed by atoms with E-state index in [9.17, 15) is 0 Å². The topological polar surface area (TPSA) is 33.1 Å². The van der Waals surface area contributed by atoms with Crippen molar-refractivity contribution in [2.75, 3.05) is 0 Å². The fourth-order valence-corrected chi connectivity index (χ4v) is 3.91. The van der Waals surface area contributed by atoms with Crippen LogP contribution in [0.4, 0.5) is 0 Å². The Morgan fingerprint density at radius 2 is 1.33 bits per heavy atom. The SMILES string of the molecule is c1ccc2c(c1)[nH]c1nc3c4ccccc4c4ccccc4n3c12. The van der Waals surface area contributed by atoms with Crippen molar-refractivity contribution in [3.8, 4) is 0 Å². The Morgan fingerprint density at radius 1 is 0.667 bits per heavy atom. The molecule has 112 valence electrons. The highest BCUT2D eigenvalue weighted by Gasteiger charge is 2.16. The maximum atomic E-state index is 4.94. The molecule has 3 aromatic carbocycles. The number of pyridine rings is 1. The third-order valence-electron chi connectivity index (χ3n) is 4.92. The molecular formula is C21H13N3. The third kappa shape index (κ3) is 1.35. The van der Waals surface area contributed by atoms with E-state index >= 15 is 0 Å². The molecule has 1 N–H and O–H groups in total. The Balaban J connectivity index is 2.04. The molecule has 3 heterocycles. The van der Waals surface area contributed by atoms with Crippen molar-refractivity contribution >= 4 is 49.4 Å². The van der Waals surface area contributed by atoms with E-state index in [1.165, 1.54) is 27.1 Å². The van der Waals surface area contributed by atoms with Gasteiger partial charge in [0.15, 0.2) is 5.65 Å². The van der Waals surface area contributed by atoms with Gasteiger partial charge in [0.05, 0.1) is 11.0 Å². The van der Waals surface area contributed by atoms with Crippen LogP contribution in [0.25, 0.3) is 49.4 Å². The summed E-state index contributed by atoms with van der Waals surface area (Å²) in [6.07, 6.45) is 0. The summed E-state index contributed by atoms with van der Waals surface area (Å²) in [5.74, 6) is 0. The molecule has 0 saturated carbocycles. The summed E-state index contributed by atoms with van der Waals surface area (Å²) in [5, 5.41) is 4.90. The van der Waals surface area contributed by atoms with Crippen molar-refractivity contribution in [1.29, 1.82) is 0 Å². The van der Waals surface area contributed by atoms with Crippen LogP contribution in [-0.4, -0.2) is 14.4 Å². The molecule has 6 rings (SSSR count). The first-order chi connectivity index (χ1) is 11.9. The number of para-hydroxylation sites is 2. The molecule has 3 heteroatoms. The molecular weight excluding hydrogens is 294 g/mol. The van der Waals surface area contributed by atoms with Crippen molar-refractivity contribution in [2.45, 2.75) is 0 Å². The zero-order valence-corrected chi connectivity index (χ0v) is 12.8. The monoisotopic (exact) mass is 307 g/mol. The number of rotatable bonds is 0. The maximum absolute atomic E-state index is 4.94. The molecule has 0 aliphatic rings. The van der Waals surface area contributed by atoms with Gasteiger partial charge in [0.1, 0.15) is 5.65 Å². The molecule has 3 nitrogen and oxygen atoms in total. The van der Waals surface area contributed by atoms with Gasteiger partial charge in [-0.25, -0.2) is 4.98 Å². The minimum Gasteiger partial charge on any atom is -0.338 e. The van der Waals surface area contributed by atoms with Crippen LogP contribution in [0.2, 0.25) is 0 Å². The van der Waals surface area contributed by atoms with Crippen molar-refractivity contribution in [3.63, 3.8) is 0 Å². The zero-order valence-electron chi connectivity index (χ0n) is 12.8. The Labute approximate surface area is 137 Å². The van der Waals surface area contributed by atoms with Crippen LogP contribution >= 0.6 is 0 Å². The molecule has 6 aromatic rings. The van der Waals surface area contributed by atoms with Gasteiger partial charge in [-0.2, -0.15) is 0 Å².